The van der Waals surface area contributed by atoms with Gasteiger partial charge in [0, 0.05) is 30.7 Å². The SMILES string of the molecule is CCOC1CC(NC(=NC)NCC(=O)NC(C)(C)C)C1(CC)CC. The summed E-state index contributed by atoms with van der Waals surface area (Å²) in [6.45, 7) is 13.4. The van der Waals surface area contributed by atoms with Gasteiger partial charge in [-0.2, -0.15) is 0 Å². The lowest BCUT2D eigenvalue weighted by molar-refractivity contribution is -0.133. The first-order chi connectivity index (χ1) is 11.2. The predicted octanol–water partition coefficient (Wildman–Crippen LogP) is 2.05. The molecule has 0 bridgehead atoms. The Morgan fingerprint density at radius 3 is 2.33 bits per heavy atom. The van der Waals surface area contributed by atoms with Crippen molar-refractivity contribution in [2.45, 2.75) is 78.5 Å². The van der Waals surface area contributed by atoms with Crippen LogP contribution in [0.25, 0.3) is 0 Å². The second-order valence-corrected chi connectivity index (χ2v) is 7.54. The van der Waals surface area contributed by atoms with E-state index in [1.165, 1.54) is 0 Å². The quantitative estimate of drug-likeness (QED) is 0.490. The van der Waals surface area contributed by atoms with Crippen molar-refractivity contribution in [1.29, 1.82) is 0 Å². The number of hydrogen-bond donors (Lipinski definition) is 3. The second-order valence-electron chi connectivity index (χ2n) is 7.54. The average Bonchev–Trinajstić information content (AvgIpc) is 2.49. The van der Waals surface area contributed by atoms with Crippen LogP contribution in [0.15, 0.2) is 4.99 Å². The smallest absolute Gasteiger partial charge is 0.239 e. The summed E-state index contributed by atoms with van der Waals surface area (Å²) in [5, 5.41) is 9.53. The predicted molar refractivity (Wildman–Crippen MR) is 99.2 cm³/mol. The molecule has 1 fully saturated rings. The number of hydrogen-bond acceptors (Lipinski definition) is 3. The van der Waals surface area contributed by atoms with Gasteiger partial charge in [-0.05, 0) is 47.0 Å². The summed E-state index contributed by atoms with van der Waals surface area (Å²) in [5.74, 6) is 0.633. The van der Waals surface area contributed by atoms with Crippen LogP contribution in [0.4, 0.5) is 0 Å². The fourth-order valence-corrected chi connectivity index (χ4v) is 3.57. The van der Waals surface area contributed by atoms with Gasteiger partial charge in [-0.1, -0.05) is 13.8 Å². The van der Waals surface area contributed by atoms with Gasteiger partial charge < -0.3 is 20.7 Å². The van der Waals surface area contributed by atoms with Crippen molar-refractivity contribution in [3.05, 3.63) is 0 Å². The van der Waals surface area contributed by atoms with Crippen molar-refractivity contribution in [3.8, 4) is 0 Å². The van der Waals surface area contributed by atoms with Crippen LogP contribution in [-0.2, 0) is 9.53 Å². The third kappa shape index (κ3) is 5.10. The van der Waals surface area contributed by atoms with Crippen molar-refractivity contribution in [1.82, 2.24) is 16.0 Å². The standard InChI is InChI=1S/C18H36N4O2/c1-8-18(9-2)13(11-14(18)24-10-3)21-16(19-7)20-12-15(23)22-17(4,5)6/h13-14H,8-12H2,1-7H3,(H,22,23)(H2,19,20,21). The molecule has 0 aromatic heterocycles. The maximum absolute atomic E-state index is 11.9. The van der Waals surface area contributed by atoms with E-state index in [1.54, 1.807) is 7.05 Å². The molecule has 0 aromatic rings. The Labute approximate surface area is 147 Å². The lowest BCUT2D eigenvalue weighted by Crippen LogP contribution is -2.66. The van der Waals surface area contributed by atoms with Gasteiger partial charge in [0.1, 0.15) is 0 Å². The molecule has 1 saturated carbocycles. The Morgan fingerprint density at radius 1 is 1.25 bits per heavy atom. The summed E-state index contributed by atoms with van der Waals surface area (Å²) < 4.78 is 5.91. The van der Waals surface area contributed by atoms with Crippen LogP contribution in [0.1, 0.15) is 60.8 Å². The lowest BCUT2D eigenvalue weighted by Gasteiger charge is -2.55. The monoisotopic (exact) mass is 340 g/mol. The minimum absolute atomic E-state index is 0.0384. The molecule has 0 saturated heterocycles. The van der Waals surface area contributed by atoms with Gasteiger partial charge in [-0.3, -0.25) is 9.79 Å². The Balaban J connectivity index is 2.58. The minimum Gasteiger partial charge on any atom is -0.378 e. The van der Waals surface area contributed by atoms with E-state index >= 15 is 0 Å². The van der Waals surface area contributed by atoms with Crippen LogP contribution in [-0.4, -0.2) is 49.8 Å². The van der Waals surface area contributed by atoms with Crippen molar-refractivity contribution in [2.75, 3.05) is 20.2 Å². The highest BCUT2D eigenvalue weighted by Gasteiger charge is 2.53. The first kappa shape index (κ1) is 20.7. The van der Waals surface area contributed by atoms with Gasteiger partial charge in [0.15, 0.2) is 5.96 Å². The maximum Gasteiger partial charge on any atom is 0.239 e. The Bertz CT molecular complexity index is 439. The number of carbonyl (C=O) groups excluding carboxylic acids is 1. The summed E-state index contributed by atoms with van der Waals surface area (Å²) >= 11 is 0. The number of guanidine groups is 1. The normalized spacial score (nSPS) is 23.4. The van der Waals surface area contributed by atoms with Crippen molar-refractivity contribution < 1.29 is 9.53 Å². The fraction of sp³-hybridized carbons (Fsp3) is 0.889. The van der Waals surface area contributed by atoms with Gasteiger partial charge in [0.25, 0.3) is 0 Å². The molecule has 24 heavy (non-hydrogen) atoms. The van der Waals surface area contributed by atoms with Crippen LogP contribution in [0.2, 0.25) is 0 Å². The Hall–Kier alpha value is -1.30. The topological polar surface area (TPSA) is 74.8 Å². The number of amides is 1. The fourth-order valence-electron chi connectivity index (χ4n) is 3.57. The molecule has 0 radical (unpaired) electrons. The zero-order chi connectivity index (χ0) is 18.4. The van der Waals surface area contributed by atoms with Crippen molar-refractivity contribution >= 4 is 11.9 Å². The number of ether oxygens (including phenoxy) is 1. The minimum atomic E-state index is -0.228. The molecule has 6 nitrogen and oxygen atoms in total. The molecule has 0 aromatic carbocycles. The van der Waals surface area contributed by atoms with E-state index in [1.807, 2.05) is 27.7 Å². The van der Waals surface area contributed by atoms with E-state index in [4.69, 9.17) is 4.74 Å². The molecule has 0 heterocycles. The molecule has 0 spiro atoms. The molecular weight excluding hydrogens is 304 g/mol. The van der Waals surface area contributed by atoms with Gasteiger partial charge in [0.05, 0.1) is 12.6 Å². The molecule has 2 atom stereocenters. The first-order valence-corrected chi connectivity index (χ1v) is 9.12. The summed E-state index contributed by atoms with van der Waals surface area (Å²) in [4.78, 5) is 16.2. The number of aliphatic imine (C=N–C) groups is 1. The number of nitrogens with zero attached hydrogens (tertiary/aromatic N) is 1. The van der Waals surface area contributed by atoms with E-state index in [-0.39, 0.29) is 23.4 Å². The zero-order valence-corrected chi connectivity index (χ0v) is 16.5. The van der Waals surface area contributed by atoms with Crippen molar-refractivity contribution in [2.24, 2.45) is 10.4 Å². The van der Waals surface area contributed by atoms with Crippen LogP contribution in [0.5, 0.6) is 0 Å². The Kier molecular flexibility index (Phi) is 7.52. The Morgan fingerprint density at radius 2 is 1.88 bits per heavy atom. The van der Waals surface area contributed by atoms with Crippen LogP contribution in [0, 0.1) is 5.41 Å². The zero-order valence-electron chi connectivity index (χ0n) is 16.5. The van der Waals surface area contributed by atoms with E-state index in [0.29, 0.717) is 18.1 Å². The first-order valence-electron chi connectivity index (χ1n) is 9.12. The number of rotatable bonds is 7. The van der Waals surface area contributed by atoms with Crippen LogP contribution in [0.3, 0.4) is 0 Å². The summed E-state index contributed by atoms with van der Waals surface area (Å²) in [6, 6.07) is 0.320. The van der Waals surface area contributed by atoms with E-state index < -0.39 is 0 Å². The van der Waals surface area contributed by atoms with Gasteiger partial charge in [0.2, 0.25) is 5.91 Å². The van der Waals surface area contributed by atoms with Crippen LogP contribution >= 0.6 is 0 Å². The molecule has 140 valence electrons. The molecule has 6 heteroatoms. The van der Waals surface area contributed by atoms with Gasteiger partial charge in [-0.15, -0.1) is 0 Å². The summed E-state index contributed by atoms with van der Waals surface area (Å²) in [7, 11) is 1.73. The molecule has 2 unspecified atom stereocenters. The lowest BCUT2D eigenvalue weighted by atomic mass is 9.58. The molecule has 1 amide bonds. The third-order valence-electron chi connectivity index (χ3n) is 4.93. The molecule has 1 aliphatic carbocycles. The average molecular weight is 341 g/mol. The maximum atomic E-state index is 11.9. The third-order valence-corrected chi connectivity index (χ3v) is 4.93. The highest BCUT2D eigenvalue weighted by molar-refractivity contribution is 5.86. The molecule has 1 aliphatic rings. The second kappa shape index (κ2) is 8.70. The molecule has 1 rings (SSSR count). The number of nitrogens with one attached hydrogen (secondary N) is 3. The highest BCUT2D eigenvalue weighted by Crippen LogP contribution is 2.48. The van der Waals surface area contributed by atoms with E-state index in [0.717, 1.165) is 25.9 Å². The largest absolute Gasteiger partial charge is 0.378 e. The van der Waals surface area contributed by atoms with Gasteiger partial charge >= 0.3 is 0 Å². The van der Waals surface area contributed by atoms with Gasteiger partial charge in [-0.25, -0.2) is 0 Å². The number of carbonyl (C=O) groups is 1. The van der Waals surface area contributed by atoms with E-state index in [2.05, 4.69) is 34.8 Å². The van der Waals surface area contributed by atoms with E-state index in [9.17, 15) is 4.79 Å². The van der Waals surface area contributed by atoms with Crippen molar-refractivity contribution in [3.63, 3.8) is 0 Å². The van der Waals surface area contributed by atoms with Crippen LogP contribution < -0.4 is 16.0 Å². The molecule has 3 N–H and O–H groups in total. The highest BCUT2D eigenvalue weighted by atomic mass is 16.5. The summed E-state index contributed by atoms with van der Waals surface area (Å²) in [6.07, 6.45) is 3.41. The molecule has 0 aliphatic heterocycles. The summed E-state index contributed by atoms with van der Waals surface area (Å²) in [5.41, 5.74) is -0.0880. The molecular formula is C18H36N4O2.